The molecule has 0 aliphatic carbocycles. The summed E-state index contributed by atoms with van der Waals surface area (Å²) in [7, 11) is 0. The highest BCUT2D eigenvalue weighted by atomic mass is 19.1. The maximum absolute atomic E-state index is 13.9. The van der Waals surface area contributed by atoms with E-state index in [1.54, 1.807) is 12.1 Å². The summed E-state index contributed by atoms with van der Waals surface area (Å²) in [6, 6.07) is 4.59. The molecule has 0 unspecified atom stereocenters. The molecule has 1 aromatic rings. The van der Waals surface area contributed by atoms with Crippen LogP contribution in [0.1, 0.15) is 5.56 Å². The molecule has 4 N–H and O–H groups in total. The lowest BCUT2D eigenvalue weighted by Gasteiger charge is -2.29. The number of nitrogens with one attached hydrogen (secondary N) is 1. The zero-order chi connectivity index (χ0) is 12.3. The highest BCUT2D eigenvalue weighted by Gasteiger charge is 2.15. The normalized spacial score (nSPS) is 17.2. The lowest BCUT2D eigenvalue weighted by Crippen LogP contribution is -2.43. The van der Waals surface area contributed by atoms with Gasteiger partial charge in [0, 0.05) is 31.7 Å². The average Bonchev–Trinajstić information content (AvgIpc) is 2.38. The third-order valence-electron chi connectivity index (χ3n) is 2.81. The largest absolute Gasteiger partial charge is 0.409 e. The topological polar surface area (TPSA) is 73.9 Å². The van der Waals surface area contributed by atoms with Gasteiger partial charge in [-0.2, -0.15) is 0 Å². The van der Waals surface area contributed by atoms with E-state index in [0.29, 0.717) is 11.3 Å². The molecule has 92 valence electrons. The number of hydrogen-bond donors (Lipinski definition) is 3. The second-order valence-corrected chi connectivity index (χ2v) is 3.89. The molecule has 2 rings (SSSR count). The first-order valence-corrected chi connectivity index (χ1v) is 5.45. The number of rotatable bonds is 2. The Balaban J connectivity index is 2.24. The quantitative estimate of drug-likeness (QED) is 0.300. The molecule has 1 aliphatic heterocycles. The number of amidine groups is 1. The summed E-state index contributed by atoms with van der Waals surface area (Å²) in [6.07, 6.45) is 0. The number of oxime groups is 1. The van der Waals surface area contributed by atoms with Gasteiger partial charge in [-0.25, -0.2) is 4.39 Å². The first kappa shape index (κ1) is 11.7. The second-order valence-electron chi connectivity index (χ2n) is 3.89. The van der Waals surface area contributed by atoms with E-state index in [-0.39, 0.29) is 11.7 Å². The van der Waals surface area contributed by atoms with Crippen LogP contribution in [0, 0.1) is 5.82 Å². The fourth-order valence-electron chi connectivity index (χ4n) is 1.89. The molecule has 0 atom stereocenters. The van der Waals surface area contributed by atoms with Crippen LogP contribution < -0.4 is 16.0 Å². The second kappa shape index (κ2) is 5.01. The van der Waals surface area contributed by atoms with Gasteiger partial charge in [-0.15, -0.1) is 0 Å². The zero-order valence-corrected chi connectivity index (χ0v) is 9.36. The minimum Gasteiger partial charge on any atom is -0.409 e. The van der Waals surface area contributed by atoms with E-state index in [1.807, 2.05) is 4.90 Å². The Bertz CT molecular complexity index is 429. The van der Waals surface area contributed by atoms with Gasteiger partial charge in [0.05, 0.1) is 5.69 Å². The SMILES string of the molecule is N/C(=N\O)c1ccc(N2CCNCC2)c(F)c1. The van der Waals surface area contributed by atoms with E-state index < -0.39 is 0 Å². The highest BCUT2D eigenvalue weighted by molar-refractivity contribution is 5.97. The molecular formula is C11H15FN4O. The highest BCUT2D eigenvalue weighted by Crippen LogP contribution is 2.20. The van der Waals surface area contributed by atoms with E-state index in [9.17, 15) is 4.39 Å². The van der Waals surface area contributed by atoms with Crippen LogP contribution in [0.2, 0.25) is 0 Å². The van der Waals surface area contributed by atoms with Gasteiger partial charge in [-0.3, -0.25) is 0 Å². The first-order valence-electron chi connectivity index (χ1n) is 5.45. The molecule has 0 amide bonds. The summed E-state index contributed by atoms with van der Waals surface area (Å²) in [5.74, 6) is -0.438. The summed E-state index contributed by atoms with van der Waals surface area (Å²) >= 11 is 0. The molecule has 0 bridgehead atoms. The summed E-state index contributed by atoms with van der Waals surface area (Å²) in [4.78, 5) is 1.97. The molecule has 6 heteroatoms. The Morgan fingerprint density at radius 2 is 2.12 bits per heavy atom. The van der Waals surface area contributed by atoms with E-state index >= 15 is 0 Å². The number of benzene rings is 1. The van der Waals surface area contributed by atoms with Gasteiger partial charge in [0.1, 0.15) is 5.82 Å². The Morgan fingerprint density at radius 1 is 1.41 bits per heavy atom. The van der Waals surface area contributed by atoms with Gasteiger partial charge in [0.15, 0.2) is 5.84 Å². The minimum absolute atomic E-state index is 0.0873. The summed E-state index contributed by atoms with van der Waals surface area (Å²) < 4.78 is 13.9. The van der Waals surface area contributed by atoms with Crippen LogP contribution in [-0.2, 0) is 0 Å². The lowest BCUT2D eigenvalue weighted by atomic mass is 10.1. The van der Waals surface area contributed by atoms with Crippen molar-refractivity contribution in [3.8, 4) is 0 Å². The Kier molecular flexibility index (Phi) is 3.43. The molecule has 1 saturated heterocycles. The van der Waals surface area contributed by atoms with E-state index in [1.165, 1.54) is 6.07 Å². The van der Waals surface area contributed by atoms with Crippen LogP contribution >= 0.6 is 0 Å². The third-order valence-corrected chi connectivity index (χ3v) is 2.81. The van der Waals surface area contributed by atoms with Crippen molar-refractivity contribution in [2.24, 2.45) is 10.9 Å². The molecule has 0 radical (unpaired) electrons. The maximum atomic E-state index is 13.9. The van der Waals surface area contributed by atoms with E-state index in [4.69, 9.17) is 10.9 Å². The molecular weight excluding hydrogens is 223 g/mol. The van der Waals surface area contributed by atoms with Crippen molar-refractivity contribution in [1.29, 1.82) is 0 Å². The number of halogens is 1. The number of hydrogen-bond acceptors (Lipinski definition) is 4. The molecule has 17 heavy (non-hydrogen) atoms. The van der Waals surface area contributed by atoms with Gasteiger partial charge >= 0.3 is 0 Å². The first-order chi connectivity index (χ1) is 8.22. The van der Waals surface area contributed by atoms with Gasteiger partial charge in [0.25, 0.3) is 0 Å². The fraction of sp³-hybridized carbons (Fsp3) is 0.364. The molecule has 0 saturated carbocycles. The van der Waals surface area contributed by atoms with Crippen molar-refractivity contribution in [3.05, 3.63) is 29.6 Å². The van der Waals surface area contributed by atoms with E-state index in [2.05, 4.69) is 10.5 Å². The summed E-state index contributed by atoms with van der Waals surface area (Å²) in [5.41, 5.74) is 6.34. The molecule has 5 nitrogen and oxygen atoms in total. The van der Waals surface area contributed by atoms with Crippen LogP contribution in [-0.4, -0.2) is 37.2 Å². The standard InChI is InChI=1S/C11H15FN4O/c12-9-7-8(11(13)15-17)1-2-10(9)16-5-3-14-4-6-16/h1-2,7,14,17H,3-6H2,(H2,13,15). The van der Waals surface area contributed by atoms with Crippen LogP contribution in [0.25, 0.3) is 0 Å². The van der Waals surface area contributed by atoms with Crippen molar-refractivity contribution in [3.63, 3.8) is 0 Å². The van der Waals surface area contributed by atoms with Gasteiger partial charge in [-0.05, 0) is 18.2 Å². The van der Waals surface area contributed by atoms with Crippen LogP contribution in [0.15, 0.2) is 23.4 Å². The number of nitrogens with zero attached hydrogens (tertiary/aromatic N) is 2. The van der Waals surface area contributed by atoms with Gasteiger partial charge in [0.2, 0.25) is 0 Å². The maximum Gasteiger partial charge on any atom is 0.170 e. The Labute approximate surface area is 98.7 Å². The zero-order valence-electron chi connectivity index (χ0n) is 9.36. The van der Waals surface area contributed by atoms with Crippen molar-refractivity contribution in [2.75, 3.05) is 31.1 Å². The van der Waals surface area contributed by atoms with Gasteiger partial charge in [-0.1, -0.05) is 5.16 Å². The number of anilines is 1. The average molecular weight is 238 g/mol. The minimum atomic E-state index is -0.351. The van der Waals surface area contributed by atoms with Crippen LogP contribution in [0.5, 0.6) is 0 Å². The van der Waals surface area contributed by atoms with Crippen LogP contribution in [0.3, 0.4) is 0 Å². The predicted molar refractivity (Wildman–Crippen MR) is 64.0 cm³/mol. The molecule has 1 heterocycles. The van der Waals surface area contributed by atoms with Crippen molar-refractivity contribution in [1.82, 2.24) is 5.32 Å². The Morgan fingerprint density at radius 3 is 2.71 bits per heavy atom. The van der Waals surface area contributed by atoms with Gasteiger partial charge < -0.3 is 21.2 Å². The van der Waals surface area contributed by atoms with Crippen molar-refractivity contribution in [2.45, 2.75) is 0 Å². The number of nitrogens with two attached hydrogens (primary N) is 1. The lowest BCUT2D eigenvalue weighted by molar-refractivity contribution is 0.318. The molecule has 1 aliphatic rings. The predicted octanol–water partition coefficient (Wildman–Crippen LogP) is 0.330. The molecule has 0 spiro atoms. The monoisotopic (exact) mass is 238 g/mol. The number of piperazine rings is 1. The van der Waals surface area contributed by atoms with Crippen LogP contribution in [0.4, 0.5) is 10.1 Å². The van der Waals surface area contributed by atoms with Crippen molar-refractivity contribution >= 4 is 11.5 Å². The molecule has 1 aromatic carbocycles. The summed E-state index contributed by atoms with van der Waals surface area (Å²) in [6.45, 7) is 3.25. The fourth-order valence-corrected chi connectivity index (χ4v) is 1.89. The van der Waals surface area contributed by atoms with Crippen molar-refractivity contribution < 1.29 is 9.60 Å². The smallest absolute Gasteiger partial charge is 0.170 e. The Hall–Kier alpha value is -1.82. The summed E-state index contributed by atoms with van der Waals surface area (Å²) in [5, 5.41) is 14.6. The molecule has 1 fully saturated rings. The molecule has 0 aromatic heterocycles. The third kappa shape index (κ3) is 2.47. The van der Waals surface area contributed by atoms with E-state index in [0.717, 1.165) is 26.2 Å².